The van der Waals surface area contributed by atoms with Gasteiger partial charge < -0.3 is 14.8 Å². The van der Waals surface area contributed by atoms with Gasteiger partial charge in [-0.05, 0) is 36.4 Å². The molecule has 1 N–H and O–H groups in total. The van der Waals surface area contributed by atoms with E-state index in [0.29, 0.717) is 60.2 Å². The molecule has 8 heteroatoms. The molecule has 3 amide bonds. The van der Waals surface area contributed by atoms with E-state index in [1.165, 1.54) is 16.7 Å². The van der Waals surface area contributed by atoms with Crippen LogP contribution in [-0.2, 0) is 4.79 Å². The molecule has 2 aromatic rings. The third kappa shape index (κ3) is 4.43. The third-order valence-electron chi connectivity index (χ3n) is 4.81. The highest BCUT2D eigenvalue weighted by molar-refractivity contribution is 7.99. The zero-order chi connectivity index (χ0) is 20.9. The van der Waals surface area contributed by atoms with Crippen molar-refractivity contribution in [2.24, 2.45) is 0 Å². The molecule has 0 bridgehead atoms. The first-order valence-corrected chi connectivity index (χ1v) is 11.0. The van der Waals surface area contributed by atoms with Crippen LogP contribution < -0.4 is 14.8 Å². The smallest absolute Gasteiger partial charge is 0.261 e. The van der Waals surface area contributed by atoms with Crippen LogP contribution in [0.5, 0.6) is 11.5 Å². The van der Waals surface area contributed by atoms with Crippen LogP contribution in [0.15, 0.2) is 42.5 Å². The summed E-state index contributed by atoms with van der Waals surface area (Å²) in [5.41, 5.74) is 1.59. The Hall–Kier alpha value is -3.00. The number of benzene rings is 2. The lowest BCUT2D eigenvalue weighted by atomic mass is 10.1. The predicted molar refractivity (Wildman–Crippen MR) is 114 cm³/mol. The molecule has 0 fully saturated rings. The van der Waals surface area contributed by atoms with Gasteiger partial charge in [-0.25, -0.2) is 0 Å². The summed E-state index contributed by atoms with van der Waals surface area (Å²) in [5, 5.41) is 2.86. The number of anilines is 1. The van der Waals surface area contributed by atoms with Crippen LogP contribution in [0.3, 0.4) is 0 Å². The van der Waals surface area contributed by atoms with E-state index in [0.717, 1.165) is 6.42 Å². The molecule has 0 spiro atoms. The summed E-state index contributed by atoms with van der Waals surface area (Å²) in [6.07, 6.45) is 1.46. The number of ether oxygens (including phenoxy) is 2. The lowest BCUT2D eigenvalue weighted by Gasteiger charge is -2.13. The second-order valence-corrected chi connectivity index (χ2v) is 8.08. The maximum absolute atomic E-state index is 12.3. The number of rotatable bonds is 7. The van der Waals surface area contributed by atoms with Crippen molar-refractivity contribution in [2.75, 3.05) is 36.6 Å². The Labute approximate surface area is 178 Å². The van der Waals surface area contributed by atoms with Crippen molar-refractivity contribution in [2.45, 2.75) is 12.8 Å². The second kappa shape index (κ2) is 9.21. The average Bonchev–Trinajstić information content (AvgIpc) is 2.90. The van der Waals surface area contributed by atoms with Crippen molar-refractivity contribution in [3.8, 4) is 11.5 Å². The predicted octanol–water partition coefficient (Wildman–Crippen LogP) is 3.21. The number of hydrogen-bond acceptors (Lipinski definition) is 6. The maximum Gasteiger partial charge on any atom is 0.261 e. The van der Waals surface area contributed by atoms with Gasteiger partial charge in [0.05, 0.1) is 30.1 Å². The SMILES string of the molecule is O=C(CSCCCN1C(=O)c2ccccc2C1=O)Nc1ccc2c(c1)OCCCO2. The number of nitrogens with zero attached hydrogens (tertiary/aromatic N) is 1. The fourth-order valence-corrected chi connectivity index (χ4v) is 4.11. The standard InChI is InChI=1S/C22H22N2O5S/c25-20(23-15-7-8-18-19(13-15)29-11-4-10-28-18)14-30-12-3-9-24-21(26)16-5-1-2-6-17(16)22(24)27/h1-2,5-8,13H,3-4,9-12,14H2,(H,23,25). The molecule has 0 saturated carbocycles. The number of carbonyl (C=O) groups excluding carboxylic acids is 3. The summed E-state index contributed by atoms with van der Waals surface area (Å²) in [6, 6.07) is 12.2. The highest BCUT2D eigenvalue weighted by atomic mass is 32.2. The van der Waals surface area contributed by atoms with E-state index < -0.39 is 0 Å². The Balaban J connectivity index is 1.19. The second-order valence-electron chi connectivity index (χ2n) is 6.97. The van der Waals surface area contributed by atoms with Crippen LogP contribution in [0.4, 0.5) is 5.69 Å². The molecule has 30 heavy (non-hydrogen) atoms. The zero-order valence-corrected chi connectivity index (χ0v) is 17.2. The van der Waals surface area contributed by atoms with Gasteiger partial charge in [0.1, 0.15) is 0 Å². The minimum Gasteiger partial charge on any atom is -0.490 e. The van der Waals surface area contributed by atoms with E-state index >= 15 is 0 Å². The van der Waals surface area contributed by atoms with Gasteiger partial charge in [-0.1, -0.05) is 12.1 Å². The molecular formula is C22H22N2O5S. The lowest BCUT2D eigenvalue weighted by molar-refractivity contribution is -0.113. The van der Waals surface area contributed by atoms with E-state index in [1.807, 2.05) is 0 Å². The monoisotopic (exact) mass is 426 g/mol. The van der Waals surface area contributed by atoms with Crippen molar-refractivity contribution in [1.82, 2.24) is 4.90 Å². The summed E-state index contributed by atoms with van der Waals surface area (Å²) >= 11 is 1.47. The van der Waals surface area contributed by atoms with E-state index in [2.05, 4.69) is 5.32 Å². The van der Waals surface area contributed by atoms with Gasteiger partial charge in [-0.3, -0.25) is 19.3 Å². The Morgan fingerprint density at radius 1 is 1.00 bits per heavy atom. The molecule has 0 atom stereocenters. The maximum atomic E-state index is 12.3. The van der Waals surface area contributed by atoms with Gasteiger partial charge in [0.25, 0.3) is 11.8 Å². The van der Waals surface area contributed by atoms with Crippen molar-refractivity contribution < 1.29 is 23.9 Å². The van der Waals surface area contributed by atoms with E-state index in [1.54, 1.807) is 42.5 Å². The molecular weight excluding hydrogens is 404 g/mol. The Morgan fingerprint density at radius 2 is 1.70 bits per heavy atom. The summed E-state index contributed by atoms with van der Waals surface area (Å²) in [6.45, 7) is 1.56. The fraction of sp³-hybridized carbons (Fsp3) is 0.318. The molecule has 0 radical (unpaired) electrons. The number of amides is 3. The van der Waals surface area contributed by atoms with Crippen LogP contribution in [-0.4, -0.2) is 53.9 Å². The topological polar surface area (TPSA) is 84.9 Å². The quantitative estimate of drug-likeness (QED) is 0.541. The minimum absolute atomic E-state index is 0.116. The Bertz CT molecular complexity index is 943. The van der Waals surface area contributed by atoms with Gasteiger partial charge in [-0.2, -0.15) is 11.8 Å². The number of thioether (sulfide) groups is 1. The molecule has 2 aliphatic rings. The summed E-state index contributed by atoms with van der Waals surface area (Å²) in [5.74, 6) is 1.68. The molecule has 0 aliphatic carbocycles. The minimum atomic E-state index is -0.243. The molecule has 2 heterocycles. The zero-order valence-electron chi connectivity index (χ0n) is 16.4. The molecule has 4 rings (SSSR count). The highest BCUT2D eigenvalue weighted by Gasteiger charge is 2.34. The first kappa shape index (κ1) is 20.3. The first-order valence-electron chi connectivity index (χ1n) is 9.86. The van der Waals surface area contributed by atoms with Crippen LogP contribution in [0.2, 0.25) is 0 Å². The van der Waals surface area contributed by atoms with Gasteiger partial charge in [0, 0.05) is 24.7 Å². The molecule has 2 aromatic carbocycles. The largest absolute Gasteiger partial charge is 0.490 e. The highest BCUT2D eigenvalue weighted by Crippen LogP contribution is 2.32. The van der Waals surface area contributed by atoms with Crippen molar-refractivity contribution >= 4 is 35.2 Å². The average molecular weight is 426 g/mol. The summed E-state index contributed by atoms with van der Waals surface area (Å²) < 4.78 is 11.2. The molecule has 7 nitrogen and oxygen atoms in total. The van der Waals surface area contributed by atoms with Gasteiger partial charge in [0.2, 0.25) is 5.91 Å². The van der Waals surface area contributed by atoms with Crippen LogP contribution in [0.25, 0.3) is 0 Å². The normalized spacial score (nSPS) is 15.0. The lowest BCUT2D eigenvalue weighted by Crippen LogP contribution is -2.31. The van der Waals surface area contributed by atoms with Crippen LogP contribution in [0, 0.1) is 0 Å². The number of hydrogen-bond donors (Lipinski definition) is 1. The van der Waals surface area contributed by atoms with Crippen molar-refractivity contribution in [3.05, 3.63) is 53.6 Å². The molecule has 0 unspecified atom stereocenters. The van der Waals surface area contributed by atoms with Gasteiger partial charge >= 0.3 is 0 Å². The number of nitrogens with one attached hydrogen (secondary N) is 1. The molecule has 156 valence electrons. The Morgan fingerprint density at radius 3 is 2.43 bits per heavy atom. The van der Waals surface area contributed by atoms with Crippen LogP contribution in [0.1, 0.15) is 33.6 Å². The van der Waals surface area contributed by atoms with Crippen molar-refractivity contribution in [3.63, 3.8) is 0 Å². The first-order chi connectivity index (χ1) is 14.6. The fourth-order valence-electron chi connectivity index (χ4n) is 3.37. The number of carbonyl (C=O) groups is 3. The molecule has 2 aliphatic heterocycles. The Kier molecular flexibility index (Phi) is 6.23. The van der Waals surface area contributed by atoms with Crippen LogP contribution >= 0.6 is 11.8 Å². The third-order valence-corrected chi connectivity index (χ3v) is 5.86. The van der Waals surface area contributed by atoms with Gasteiger partial charge in [0.15, 0.2) is 11.5 Å². The number of imide groups is 1. The van der Waals surface area contributed by atoms with Crippen molar-refractivity contribution in [1.29, 1.82) is 0 Å². The number of fused-ring (bicyclic) bond motifs is 2. The van der Waals surface area contributed by atoms with Gasteiger partial charge in [-0.15, -0.1) is 0 Å². The molecule has 0 aromatic heterocycles. The van der Waals surface area contributed by atoms with E-state index in [9.17, 15) is 14.4 Å². The van der Waals surface area contributed by atoms with E-state index in [4.69, 9.17) is 9.47 Å². The molecule has 0 saturated heterocycles. The van der Waals surface area contributed by atoms with E-state index in [-0.39, 0.29) is 23.5 Å². The summed E-state index contributed by atoms with van der Waals surface area (Å²) in [7, 11) is 0. The summed E-state index contributed by atoms with van der Waals surface area (Å²) in [4.78, 5) is 38.1.